The standard InChI is InChI=1S/C19H24N2O4S/c1-5-25-16-9-11-17(12-10-16)26(23,24)21(4)13-19(22)20-18-8-6-7-14(2)15(18)3/h6-12H,5,13H2,1-4H3,(H,20,22). The summed E-state index contributed by atoms with van der Waals surface area (Å²) < 4.78 is 31.6. The van der Waals surface area contributed by atoms with Crippen LogP contribution in [0.25, 0.3) is 0 Å². The maximum absolute atomic E-state index is 12.6. The van der Waals surface area contributed by atoms with Crippen LogP contribution in [0, 0.1) is 13.8 Å². The van der Waals surface area contributed by atoms with Gasteiger partial charge in [-0.05, 0) is 62.2 Å². The van der Waals surface area contributed by atoms with Gasteiger partial charge < -0.3 is 10.1 Å². The zero-order chi connectivity index (χ0) is 19.3. The second-order valence-corrected chi connectivity index (χ2v) is 8.01. The van der Waals surface area contributed by atoms with Gasteiger partial charge in [-0.15, -0.1) is 0 Å². The average Bonchev–Trinajstić information content (AvgIpc) is 2.59. The quantitative estimate of drug-likeness (QED) is 0.806. The van der Waals surface area contributed by atoms with Gasteiger partial charge in [0.25, 0.3) is 0 Å². The van der Waals surface area contributed by atoms with Gasteiger partial charge in [0.15, 0.2) is 0 Å². The minimum atomic E-state index is -3.76. The predicted octanol–water partition coefficient (Wildman–Crippen LogP) is 2.96. The van der Waals surface area contributed by atoms with Crippen LogP contribution in [-0.2, 0) is 14.8 Å². The van der Waals surface area contributed by atoms with Gasteiger partial charge in [-0.25, -0.2) is 8.42 Å². The van der Waals surface area contributed by atoms with E-state index in [2.05, 4.69) is 5.32 Å². The van der Waals surface area contributed by atoms with E-state index in [0.29, 0.717) is 18.0 Å². The van der Waals surface area contributed by atoms with E-state index in [1.165, 1.54) is 19.2 Å². The Labute approximate surface area is 154 Å². The molecule has 1 amide bonds. The molecule has 0 saturated carbocycles. The zero-order valence-electron chi connectivity index (χ0n) is 15.4. The van der Waals surface area contributed by atoms with E-state index in [0.717, 1.165) is 15.4 Å². The normalized spacial score (nSPS) is 11.4. The van der Waals surface area contributed by atoms with Gasteiger partial charge in [-0.3, -0.25) is 4.79 Å². The average molecular weight is 376 g/mol. The summed E-state index contributed by atoms with van der Waals surface area (Å²) in [5, 5.41) is 2.77. The highest BCUT2D eigenvalue weighted by Gasteiger charge is 2.23. The first kappa shape index (κ1) is 19.9. The van der Waals surface area contributed by atoms with E-state index in [-0.39, 0.29) is 11.4 Å². The molecule has 7 heteroatoms. The molecule has 0 unspecified atom stereocenters. The molecule has 6 nitrogen and oxygen atoms in total. The molecule has 0 spiro atoms. The Bertz CT molecular complexity index is 877. The molecular formula is C19H24N2O4S. The fourth-order valence-corrected chi connectivity index (χ4v) is 3.55. The van der Waals surface area contributed by atoms with Gasteiger partial charge in [-0.2, -0.15) is 4.31 Å². The summed E-state index contributed by atoms with van der Waals surface area (Å²) in [7, 11) is -2.38. The smallest absolute Gasteiger partial charge is 0.243 e. The van der Waals surface area contributed by atoms with Crippen molar-refractivity contribution in [2.75, 3.05) is 25.5 Å². The fraction of sp³-hybridized carbons (Fsp3) is 0.316. The van der Waals surface area contributed by atoms with Crippen LogP contribution >= 0.6 is 0 Å². The SMILES string of the molecule is CCOc1ccc(S(=O)(=O)N(C)CC(=O)Nc2cccc(C)c2C)cc1. The van der Waals surface area contributed by atoms with Gasteiger partial charge >= 0.3 is 0 Å². The molecule has 2 rings (SSSR count). The van der Waals surface area contributed by atoms with Crippen molar-refractivity contribution in [3.8, 4) is 5.75 Å². The number of nitrogens with zero attached hydrogens (tertiary/aromatic N) is 1. The highest BCUT2D eigenvalue weighted by Crippen LogP contribution is 2.20. The molecule has 26 heavy (non-hydrogen) atoms. The van der Waals surface area contributed by atoms with Gasteiger partial charge in [0.2, 0.25) is 15.9 Å². The number of anilines is 1. The molecule has 2 aromatic carbocycles. The molecule has 1 N–H and O–H groups in total. The Kier molecular flexibility index (Phi) is 6.39. The van der Waals surface area contributed by atoms with Crippen molar-refractivity contribution in [3.63, 3.8) is 0 Å². The Balaban J connectivity index is 2.08. The first-order chi connectivity index (χ1) is 12.3. The number of benzene rings is 2. The van der Waals surface area contributed by atoms with Crippen molar-refractivity contribution < 1.29 is 17.9 Å². The van der Waals surface area contributed by atoms with Crippen LogP contribution in [0.4, 0.5) is 5.69 Å². The summed E-state index contributed by atoms with van der Waals surface area (Å²) in [5.74, 6) is 0.206. The molecule has 0 atom stereocenters. The van der Waals surface area contributed by atoms with Crippen LogP contribution in [-0.4, -0.2) is 38.8 Å². The van der Waals surface area contributed by atoms with Crippen molar-refractivity contribution in [3.05, 3.63) is 53.6 Å². The molecule has 0 aliphatic carbocycles. The number of hydrogen-bond acceptors (Lipinski definition) is 4. The number of ether oxygens (including phenoxy) is 1. The summed E-state index contributed by atoms with van der Waals surface area (Å²) in [6.07, 6.45) is 0. The number of hydrogen-bond donors (Lipinski definition) is 1. The van der Waals surface area contributed by atoms with Gasteiger partial charge in [0.05, 0.1) is 18.0 Å². The van der Waals surface area contributed by atoms with Gasteiger partial charge in [0, 0.05) is 12.7 Å². The summed E-state index contributed by atoms with van der Waals surface area (Å²) >= 11 is 0. The molecule has 2 aromatic rings. The van der Waals surface area contributed by atoms with E-state index < -0.39 is 15.9 Å². The largest absolute Gasteiger partial charge is 0.494 e. The number of likely N-dealkylation sites (N-methyl/N-ethyl adjacent to an activating group) is 1. The molecule has 0 aromatic heterocycles. The number of amides is 1. The molecule has 0 aliphatic heterocycles. The molecule has 0 radical (unpaired) electrons. The molecular weight excluding hydrogens is 352 g/mol. The molecule has 0 aliphatic rings. The van der Waals surface area contributed by atoms with E-state index in [4.69, 9.17) is 4.74 Å². The minimum Gasteiger partial charge on any atom is -0.494 e. The summed E-state index contributed by atoms with van der Waals surface area (Å²) in [5.41, 5.74) is 2.69. The van der Waals surface area contributed by atoms with Crippen molar-refractivity contribution in [1.82, 2.24) is 4.31 Å². The summed E-state index contributed by atoms with van der Waals surface area (Å²) in [6, 6.07) is 11.7. The number of aryl methyl sites for hydroxylation is 1. The Morgan fingerprint density at radius 2 is 1.77 bits per heavy atom. The van der Waals surface area contributed by atoms with Crippen LogP contribution in [0.1, 0.15) is 18.1 Å². The van der Waals surface area contributed by atoms with Crippen molar-refractivity contribution in [1.29, 1.82) is 0 Å². The first-order valence-electron chi connectivity index (χ1n) is 8.31. The molecule has 0 saturated heterocycles. The van der Waals surface area contributed by atoms with Crippen LogP contribution in [0.2, 0.25) is 0 Å². The van der Waals surface area contributed by atoms with Crippen LogP contribution in [0.3, 0.4) is 0 Å². The van der Waals surface area contributed by atoms with Gasteiger partial charge in [0.1, 0.15) is 5.75 Å². The molecule has 0 fully saturated rings. The topological polar surface area (TPSA) is 75.7 Å². The second-order valence-electron chi connectivity index (χ2n) is 5.96. The van der Waals surface area contributed by atoms with E-state index >= 15 is 0 Å². The number of nitrogens with one attached hydrogen (secondary N) is 1. The van der Waals surface area contributed by atoms with Crippen LogP contribution in [0.5, 0.6) is 5.75 Å². The third-order valence-corrected chi connectivity index (χ3v) is 5.91. The summed E-state index contributed by atoms with van der Waals surface area (Å²) in [4.78, 5) is 12.4. The number of rotatable bonds is 7. The lowest BCUT2D eigenvalue weighted by Gasteiger charge is -2.18. The first-order valence-corrected chi connectivity index (χ1v) is 9.75. The van der Waals surface area contributed by atoms with Crippen LogP contribution in [0.15, 0.2) is 47.4 Å². The molecule has 140 valence electrons. The monoisotopic (exact) mass is 376 g/mol. The predicted molar refractivity (Wildman–Crippen MR) is 102 cm³/mol. The van der Waals surface area contributed by atoms with Gasteiger partial charge in [-0.1, -0.05) is 12.1 Å². The fourth-order valence-electron chi connectivity index (χ4n) is 2.42. The van der Waals surface area contributed by atoms with Crippen molar-refractivity contribution >= 4 is 21.6 Å². The number of carbonyl (C=O) groups excluding carboxylic acids is 1. The summed E-state index contributed by atoms with van der Waals surface area (Å²) in [6.45, 7) is 5.94. The zero-order valence-corrected chi connectivity index (χ0v) is 16.3. The molecule has 0 heterocycles. The van der Waals surface area contributed by atoms with Crippen molar-refractivity contribution in [2.24, 2.45) is 0 Å². The molecule has 0 bridgehead atoms. The number of sulfonamides is 1. The van der Waals surface area contributed by atoms with E-state index in [1.54, 1.807) is 18.2 Å². The number of carbonyl (C=O) groups is 1. The highest BCUT2D eigenvalue weighted by molar-refractivity contribution is 7.89. The second kappa shape index (κ2) is 8.33. The maximum atomic E-state index is 12.6. The highest BCUT2D eigenvalue weighted by atomic mass is 32.2. The third kappa shape index (κ3) is 4.62. The Morgan fingerprint density at radius 3 is 2.38 bits per heavy atom. The lowest BCUT2D eigenvalue weighted by Crippen LogP contribution is -2.35. The van der Waals surface area contributed by atoms with Crippen LogP contribution < -0.4 is 10.1 Å². The minimum absolute atomic E-state index is 0.114. The lowest BCUT2D eigenvalue weighted by atomic mass is 10.1. The van der Waals surface area contributed by atoms with E-state index in [1.807, 2.05) is 32.9 Å². The Morgan fingerprint density at radius 1 is 1.12 bits per heavy atom. The van der Waals surface area contributed by atoms with Crippen molar-refractivity contribution in [2.45, 2.75) is 25.7 Å². The van der Waals surface area contributed by atoms with E-state index in [9.17, 15) is 13.2 Å². The lowest BCUT2D eigenvalue weighted by molar-refractivity contribution is -0.116. The third-order valence-electron chi connectivity index (χ3n) is 4.09. The Hall–Kier alpha value is -2.38. The maximum Gasteiger partial charge on any atom is 0.243 e.